The van der Waals surface area contributed by atoms with Gasteiger partial charge in [0.1, 0.15) is 5.75 Å². The first-order valence-corrected chi connectivity index (χ1v) is 10.3. The van der Waals surface area contributed by atoms with Crippen molar-refractivity contribution in [1.29, 1.82) is 0 Å². The maximum atomic E-state index is 5.52. The SMILES string of the molecule is CCNC(=NCC(C)c1ccccc1OC)N1CCC(C)C(n2ccnc2)C1. The smallest absolute Gasteiger partial charge is 0.194 e. The number of nitrogens with one attached hydrogen (secondary N) is 1. The predicted molar refractivity (Wildman–Crippen MR) is 114 cm³/mol. The fourth-order valence-corrected chi connectivity index (χ4v) is 3.92. The van der Waals surface area contributed by atoms with Crippen LogP contribution in [-0.2, 0) is 0 Å². The minimum absolute atomic E-state index is 0.290. The zero-order chi connectivity index (χ0) is 19.9. The van der Waals surface area contributed by atoms with Crippen molar-refractivity contribution >= 4 is 5.96 Å². The van der Waals surface area contributed by atoms with E-state index in [4.69, 9.17) is 9.73 Å². The number of hydrogen-bond acceptors (Lipinski definition) is 3. The molecule has 1 aromatic carbocycles. The highest BCUT2D eigenvalue weighted by Crippen LogP contribution is 2.28. The van der Waals surface area contributed by atoms with Crippen molar-refractivity contribution in [2.75, 3.05) is 33.3 Å². The zero-order valence-electron chi connectivity index (χ0n) is 17.5. The van der Waals surface area contributed by atoms with Crippen molar-refractivity contribution < 1.29 is 4.74 Å². The van der Waals surface area contributed by atoms with Crippen molar-refractivity contribution in [3.05, 3.63) is 48.5 Å². The predicted octanol–water partition coefficient (Wildman–Crippen LogP) is 3.54. The van der Waals surface area contributed by atoms with Gasteiger partial charge in [0.05, 0.1) is 19.5 Å². The summed E-state index contributed by atoms with van der Waals surface area (Å²) in [7, 11) is 1.73. The Morgan fingerprint density at radius 2 is 2.21 bits per heavy atom. The van der Waals surface area contributed by atoms with Crippen molar-refractivity contribution in [3.63, 3.8) is 0 Å². The molecule has 1 aliphatic heterocycles. The van der Waals surface area contributed by atoms with Gasteiger partial charge in [0.2, 0.25) is 0 Å². The highest BCUT2D eigenvalue weighted by molar-refractivity contribution is 5.80. The number of aliphatic imine (C=N–C) groups is 1. The molecule has 1 saturated heterocycles. The molecule has 0 radical (unpaired) electrons. The number of nitrogens with zero attached hydrogens (tertiary/aromatic N) is 4. The minimum Gasteiger partial charge on any atom is -0.496 e. The third-order valence-corrected chi connectivity index (χ3v) is 5.65. The van der Waals surface area contributed by atoms with E-state index in [9.17, 15) is 0 Å². The molecule has 6 heteroatoms. The molecule has 3 unspecified atom stereocenters. The van der Waals surface area contributed by atoms with Gasteiger partial charge >= 0.3 is 0 Å². The van der Waals surface area contributed by atoms with Crippen LogP contribution < -0.4 is 10.1 Å². The molecule has 2 aromatic rings. The number of benzene rings is 1. The summed E-state index contributed by atoms with van der Waals surface area (Å²) in [6.07, 6.45) is 7.01. The Morgan fingerprint density at radius 1 is 1.39 bits per heavy atom. The molecule has 1 N–H and O–H groups in total. The lowest BCUT2D eigenvalue weighted by Crippen LogP contribution is -2.49. The maximum absolute atomic E-state index is 5.52. The number of piperidine rings is 1. The Bertz CT molecular complexity index is 758. The van der Waals surface area contributed by atoms with Crippen LogP contribution >= 0.6 is 0 Å². The van der Waals surface area contributed by atoms with Crippen molar-refractivity contribution in [2.24, 2.45) is 10.9 Å². The van der Waals surface area contributed by atoms with Gasteiger partial charge in [-0.25, -0.2) is 4.98 Å². The van der Waals surface area contributed by atoms with E-state index in [1.807, 2.05) is 24.7 Å². The molecule has 2 heterocycles. The second-order valence-electron chi connectivity index (χ2n) is 7.63. The highest BCUT2D eigenvalue weighted by Gasteiger charge is 2.29. The Kier molecular flexibility index (Phi) is 6.95. The van der Waals surface area contributed by atoms with Crippen LogP contribution in [-0.4, -0.2) is 53.7 Å². The Balaban J connectivity index is 1.73. The normalized spacial score (nSPS) is 21.4. The molecule has 152 valence electrons. The van der Waals surface area contributed by atoms with Crippen LogP contribution in [0.25, 0.3) is 0 Å². The number of rotatable bonds is 6. The first-order valence-electron chi connectivity index (χ1n) is 10.3. The summed E-state index contributed by atoms with van der Waals surface area (Å²) in [5.41, 5.74) is 1.20. The molecule has 0 amide bonds. The lowest BCUT2D eigenvalue weighted by Gasteiger charge is -2.39. The summed E-state index contributed by atoms with van der Waals surface area (Å²) in [6, 6.07) is 8.64. The lowest BCUT2D eigenvalue weighted by atomic mass is 9.93. The molecule has 1 aliphatic rings. The van der Waals surface area contributed by atoms with Gasteiger partial charge in [0.25, 0.3) is 0 Å². The fraction of sp³-hybridized carbons (Fsp3) is 0.545. The molecule has 6 nitrogen and oxygen atoms in total. The topological polar surface area (TPSA) is 54.7 Å². The van der Waals surface area contributed by atoms with Gasteiger partial charge in [-0.05, 0) is 30.9 Å². The summed E-state index contributed by atoms with van der Waals surface area (Å²) in [6.45, 7) is 10.2. The number of imidazole rings is 1. The molecule has 1 aromatic heterocycles. The summed E-state index contributed by atoms with van der Waals surface area (Å²) < 4.78 is 7.76. The van der Waals surface area contributed by atoms with Crippen LogP contribution in [0.1, 0.15) is 44.7 Å². The van der Waals surface area contributed by atoms with Gasteiger partial charge in [-0.15, -0.1) is 0 Å². The highest BCUT2D eigenvalue weighted by atomic mass is 16.5. The molecular formula is C22H33N5O. The van der Waals surface area contributed by atoms with Crippen LogP contribution in [0, 0.1) is 5.92 Å². The molecule has 0 spiro atoms. The maximum Gasteiger partial charge on any atom is 0.194 e. The Morgan fingerprint density at radius 3 is 2.93 bits per heavy atom. The van der Waals surface area contributed by atoms with Crippen LogP contribution in [0.5, 0.6) is 5.75 Å². The van der Waals surface area contributed by atoms with Crippen LogP contribution in [0.3, 0.4) is 0 Å². The van der Waals surface area contributed by atoms with E-state index < -0.39 is 0 Å². The van der Waals surface area contributed by atoms with Crippen molar-refractivity contribution in [1.82, 2.24) is 19.8 Å². The van der Waals surface area contributed by atoms with Gasteiger partial charge in [0, 0.05) is 44.5 Å². The second-order valence-corrected chi connectivity index (χ2v) is 7.63. The minimum atomic E-state index is 0.290. The van der Waals surface area contributed by atoms with Gasteiger partial charge < -0.3 is 19.5 Å². The number of aromatic nitrogens is 2. The number of ether oxygens (including phenoxy) is 1. The zero-order valence-corrected chi connectivity index (χ0v) is 17.5. The van der Waals surface area contributed by atoms with Gasteiger partial charge in [-0.2, -0.15) is 0 Å². The summed E-state index contributed by atoms with van der Waals surface area (Å²) in [5.74, 6) is 2.85. The first-order chi connectivity index (χ1) is 13.6. The average Bonchev–Trinajstić information content (AvgIpc) is 3.26. The Hall–Kier alpha value is -2.50. The van der Waals surface area contributed by atoms with E-state index in [2.05, 4.69) is 58.9 Å². The van der Waals surface area contributed by atoms with E-state index in [1.165, 1.54) is 5.56 Å². The van der Waals surface area contributed by atoms with Gasteiger partial charge in [-0.3, -0.25) is 4.99 Å². The van der Waals surface area contributed by atoms with Gasteiger partial charge in [-0.1, -0.05) is 32.0 Å². The molecule has 3 atom stereocenters. The lowest BCUT2D eigenvalue weighted by molar-refractivity contribution is 0.189. The average molecular weight is 384 g/mol. The van der Waals surface area contributed by atoms with E-state index in [0.717, 1.165) is 44.3 Å². The van der Waals surface area contributed by atoms with E-state index >= 15 is 0 Å². The molecule has 0 bridgehead atoms. The number of para-hydroxylation sites is 1. The second kappa shape index (κ2) is 9.62. The van der Waals surface area contributed by atoms with E-state index in [0.29, 0.717) is 12.0 Å². The molecule has 0 aliphatic carbocycles. The van der Waals surface area contributed by atoms with E-state index in [-0.39, 0.29) is 5.92 Å². The third-order valence-electron chi connectivity index (χ3n) is 5.65. The summed E-state index contributed by atoms with van der Waals surface area (Å²) in [4.78, 5) is 11.6. The van der Waals surface area contributed by atoms with E-state index in [1.54, 1.807) is 7.11 Å². The molecule has 0 saturated carbocycles. The first kappa shape index (κ1) is 20.2. The number of likely N-dealkylation sites (tertiary alicyclic amines) is 1. The standard InChI is InChI=1S/C22H33N5O/c1-5-24-22(25-14-18(3)19-8-6-7-9-21(19)28-4)26-12-10-17(2)20(15-26)27-13-11-23-16-27/h6-9,11,13,16-18,20H,5,10,12,14-15H2,1-4H3,(H,24,25). The Labute approximate surface area is 168 Å². The largest absolute Gasteiger partial charge is 0.496 e. The quantitative estimate of drug-likeness (QED) is 0.612. The van der Waals surface area contributed by atoms with Crippen molar-refractivity contribution in [2.45, 2.75) is 39.2 Å². The molecule has 3 rings (SSSR count). The molecule has 28 heavy (non-hydrogen) atoms. The van der Waals surface area contributed by atoms with Crippen LogP contribution in [0.15, 0.2) is 48.0 Å². The monoisotopic (exact) mass is 383 g/mol. The fourth-order valence-electron chi connectivity index (χ4n) is 3.92. The summed E-state index contributed by atoms with van der Waals surface area (Å²) >= 11 is 0. The molecule has 1 fully saturated rings. The number of guanidine groups is 1. The number of hydrogen-bond donors (Lipinski definition) is 1. The van der Waals surface area contributed by atoms with Crippen molar-refractivity contribution in [3.8, 4) is 5.75 Å². The molecular weight excluding hydrogens is 350 g/mol. The third kappa shape index (κ3) is 4.66. The van der Waals surface area contributed by atoms with Crippen LogP contribution in [0.2, 0.25) is 0 Å². The summed E-state index contributed by atoms with van der Waals surface area (Å²) in [5, 5.41) is 3.49. The van der Waals surface area contributed by atoms with Gasteiger partial charge in [0.15, 0.2) is 5.96 Å². The van der Waals surface area contributed by atoms with Crippen LogP contribution in [0.4, 0.5) is 0 Å². The number of methoxy groups -OCH3 is 1.